The molecule has 0 amide bonds. The second-order valence-corrected chi connectivity index (χ2v) is 9.18. The molecule has 2 N–H and O–H groups in total. The summed E-state index contributed by atoms with van der Waals surface area (Å²) >= 11 is 0.456. The highest BCUT2D eigenvalue weighted by Crippen LogP contribution is 2.36. The lowest BCUT2D eigenvalue weighted by atomic mass is 10.0. The van der Waals surface area contributed by atoms with Crippen molar-refractivity contribution in [3.8, 4) is 5.75 Å². The number of nitrogens with zero attached hydrogens (tertiary/aromatic N) is 2. The molecule has 1 fully saturated rings. The maximum absolute atomic E-state index is 12.9. The van der Waals surface area contributed by atoms with Crippen LogP contribution in [-0.2, 0) is 23.1 Å². The van der Waals surface area contributed by atoms with E-state index in [0.717, 1.165) is 37.0 Å². The number of unbranched alkanes of at least 4 members (excludes halogenated alkanes) is 3. The average molecular weight is 489 g/mol. The summed E-state index contributed by atoms with van der Waals surface area (Å²) in [6.07, 6.45) is -0.0349. The molecule has 1 aromatic heterocycles. The van der Waals surface area contributed by atoms with Crippen molar-refractivity contribution in [1.82, 2.24) is 9.88 Å². The zero-order chi connectivity index (χ0) is 23.9. The van der Waals surface area contributed by atoms with Gasteiger partial charge >= 0.3 is 6.18 Å². The van der Waals surface area contributed by atoms with E-state index in [1.807, 2.05) is 36.1 Å². The van der Waals surface area contributed by atoms with Crippen molar-refractivity contribution in [3.63, 3.8) is 0 Å². The molecule has 1 saturated heterocycles. The molecular formula is C23H31F3N2O4S. The van der Waals surface area contributed by atoms with Gasteiger partial charge in [-0.05, 0) is 50.3 Å². The molecular weight excluding hydrogens is 457 g/mol. The minimum Gasteiger partial charge on any atom is -0.494 e. The predicted molar refractivity (Wildman–Crippen MR) is 119 cm³/mol. The summed E-state index contributed by atoms with van der Waals surface area (Å²) < 4.78 is 49.9. The highest BCUT2D eigenvalue weighted by atomic mass is 32.1. The SMILES string of the molecule is CC(Cc1ccc(OCCCCCCO)cc1)N1CCOC(O)(c2csc(C(F)(F)F)n2)C1. The number of ether oxygens (including phenoxy) is 2. The van der Waals surface area contributed by atoms with E-state index in [0.29, 0.717) is 30.9 Å². The Balaban J connectivity index is 1.51. The fourth-order valence-corrected chi connectivity index (χ4v) is 4.54. The van der Waals surface area contributed by atoms with Gasteiger partial charge in [-0.25, -0.2) is 4.98 Å². The summed E-state index contributed by atoms with van der Waals surface area (Å²) in [5, 5.41) is 19.9. The number of β-amino-alcohol motifs (C(OH)–C–C–N with tert-alkyl or cyclic N) is 1. The molecule has 0 bridgehead atoms. The number of thiazole rings is 1. The molecule has 0 saturated carbocycles. The van der Waals surface area contributed by atoms with Gasteiger partial charge in [-0.1, -0.05) is 18.6 Å². The fraction of sp³-hybridized carbons (Fsp3) is 0.609. The maximum Gasteiger partial charge on any atom is 0.443 e. The number of morpholine rings is 1. The molecule has 2 unspecified atom stereocenters. The van der Waals surface area contributed by atoms with Gasteiger partial charge in [-0.2, -0.15) is 13.2 Å². The van der Waals surface area contributed by atoms with Gasteiger partial charge < -0.3 is 19.7 Å². The number of aromatic nitrogens is 1. The summed E-state index contributed by atoms with van der Waals surface area (Å²) in [6.45, 7) is 3.70. The normalized spacial score (nSPS) is 20.7. The Bertz CT molecular complexity index is 862. The molecule has 1 aromatic carbocycles. The Morgan fingerprint density at radius 1 is 1.21 bits per heavy atom. The van der Waals surface area contributed by atoms with E-state index >= 15 is 0 Å². The third-order valence-corrected chi connectivity index (χ3v) is 6.57. The lowest BCUT2D eigenvalue weighted by Crippen LogP contribution is -2.53. The number of rotatable bonds is 11. The summed E-state index contributed by atoms with van der Waals surface area (Å²) in [6, 6.07) is 7.90. The molecule has 0 aliphatic carbocycles. The fourth-order valence-electron chi connectivity index (χ4n) is 3.80. The molecule has 33 heavy (non-hydrogen) atoms. The van der Waals surface area contributed by atoms with Crippen molar-refractivity contribution in [3.05, 3.63) is 45.9 Å². The Morgan fingerprint density at radius 3 is 2.61 bits per heavy atom. The van der Waals surface area contributed by atoms with E-state index in [2.05, 4.69) is 4.98 Å². The zero-order valence-electron chi connectivity index (χ0n) is 18.7. The Labute approximate surface area is 196 Å². The minimum atomic E-state index is -4.54. The molecule has 6 nitrogen and oxygen atoms in total. The summed E-state index contributed by atoms with van der Waals surface area (Å²) in [4.78, 5) is 5.58. The van der Waals surface area contributed by atoms with E-state index < -0.39 is 17.0 Å². The van der Waals surface area contributed by atoms with Gasteiger partial charge in [0, 0.05) is 24.6 Å². The number of hydrogen-bond acceptors (Lipinski definition) is 7. The van der Waals surface area contributed by atoms with Crippen LogP contribution in [0.2, 0.25) is 0 Å². The second-order valence-electron chi connectivity index (χ2n) is 8.32. The highest BCUT2D eigenvalue weighted by molar-refractivity contribution is 7.09. The van der Waals surface area contributed by atoms with Gasteiger partial charge in [0.1, 0.15) is 11.4 Å². The lowest BCUT2D eigenvalue weighted by molar-refractivity contribution is -0.254. The van der Waals surface area contributed by atoms with Crippen LogP contribution in [0.25, 0.3) is 0 Å². The summed E-state index contributed by atoms with van der Waals surface area (Å²) in [7, 11) is 0. The van der Waals surface area contributed by atoms with Gasteiger partial charge in [-0.3, -0.25) is 4.90 Å². The van der Waals surface area contributed by atoms with E-state index in [1.165, 1.54) is 5.38 Å². The Hall–Kier alpha value is -1.72. The standard InChI is InChI=1S/C23H31F3N2O4S/c1-17(14-18-6-8-19(9-7-18)31-12-5-3-2-4-11-29)28-10-13-32-22(30,16-28)20-15-33-21(27-20)23(24,25)26/h6-9,15,17,29-30H,2-5,10-14,16H2,1H3. The van der Waals surface area contributed by atoms with Crippen molar-refractivity contribution in [2.24, 2.45) is 0 Å². The minimum absolute atomic E-state index is 0.0411. The first kappa shape index (κ1) is 25.9. The van der Waals surface area contributed by atoms with Crippen molar-refractivity contribution >= 4 is 11.3 Å². The molecule has 2 atom stereocenters. The van der Waals surface area contributed by atoms with Crippen molar-refractivity contribution in [2.75, 3.05) is 32.9 Å². The van der Waals surface area contributed by atoms with Crippen LogP contribution in [-0.4, -0.2) is 59.0 Å². The maximum atomic E-state index is 12.9. The van der Waals surface area contributed by atoms with Crippen LogP contribution in [0.4, 0.5) is 13.2 Å². The predicted octanol–water partition coefficient (Wildman–Crippen LogP) is 4.20. The van der Waals surface area contributed by atoms with Crippen molar-refractivity contribution in [1.29, 1.82) is 0 Å². The first-order chi connectivity index (χ1) is 15.7. The molecule has 0 spiro atoms. The van der Waals surface area contributed by atoms with Gasteiger partial charge in [-0.15, -0.1) is 11.3 Å². The van der Waals surface area contributed by atoms with Gasteiger partial charge in [0.2, 0.25) is 5.79 Å². The quantitative estimate of drug-likeness (QED) is 0.462. The van der Waals surface area contributed by atoms with E-state index in [4.69, 9.17) is 14.6 Å². The second kappa shape index (κ2) is 11.6. The number of aliphatic hydroxyl groups excluding tert-OH is 1. The van der Waals surface area contributed by atoms with Crippen LogP contribution in [0.15, 0.2) is 29.6 Å². The average Bonchev–Trinajstić information content (AvgIpc) is 3.29. The lowest BCUT2D eigenvalue weighted by Gasteiger charge is -2.41. The van der Waals surface area contributed by atoms with Crippen molar-refractivity contribution in [2.45, 2.75) is 57.0 Å². The zero-order valence-corrected chi connectivity index (χ0v) is 19.5. The third kappa shape index (κ3) is 7.38. The van der Waals surface area contributed by atoms with E-state index in [1.54, 1.807) is 0 Å². The van der Waals surface area contributed by atoms with Crippen LogP contribution in [0.1, 0.15) is 48.9 Å². The highest BCUT2D eigenvalue weighted by Gasteiger charge is 2.42. The smallest absolute Gasteiger partial charge is 0.443 e. The molecule has 2 heterocycles. The molecule has 3 rings (SSSR count). The third-order valence-electron chi connectivity index (χ3n) is 5.68. The van der Waals surface area contributed by atoms with Gasteiger partial charge in [0.25, 0.3) is 0 Å². The monoisotopic (exact) mass is 488 g/mol. The summed E-state index contributed by atoms with van der Waals surface area (Å²) in [5.74, 6) is -1.06. The molecule has 2 aromatic rings. The number of aliphatic hydroxyl groups is 2. The first-order valence-electron chi connectivity index (χ1n) is 11.2. The molecule has 10 heteroatoms. The summed E-state index contributed by atoms with van der Waals surface area (Å²) in [5.41, 5.74) is 0.996. The van der Waals surface area contributed by atoms with Crippen molar-refractivity contribution < 1.29 is 32.9 Å². The number of halogens is 3. The molecule has 1 aliphatic rings. The number of alkyl halides is 3. The Morgan fingerprint density at radius 2 is 1.94 bits per heavy atom. The van der Waals surface area contributed by atoms with E-state index in [-0.39, 0.29) is 31.5 Å². The number of benzene rings is 1. The van der Waals surface area contributed by atoms with Crippen LogP contribution in [0.3, 0.4) is 0 Å². The molecule has 0 radical (unpaired) electrons. The van der Waals surface area contributed by atoms with Gasteiger partial charge in [0.05, 0.1) is 19.8 Å². The molecule has 1 aliphatic heterocycles. The van der Waals surface area contributed by atoms with Crippen LogP contribution < -0.4 is 4.74 Å². The van der Waals surface area contributed by atoms with Gasteiger partial charge in [0.15, 0.2) is 5.01 Å². The Kier molecular flexibility index (Phi) is 9.11. The first-order valence-corrected chi connectivity index (χ1v) is 12.1. The molecule has 184 valence electrons. The topological polar surface area (TPSA) is 75.1 Å². The van der Waals surface area contributed by atoms with Crippen LogP contribution >= 0.6 is 11.3 Å². The van der Waals surface area contributed by atoms with E-state index in [9.17, 15) is 18.3 Å². The van der Waals surface area contributed by atoms with Crippen LogP contribution in [0.5, 0.6) is 5.75 Å². The number of hydrogen-bond donors (Lipinski definition) is 2. The van der Waals surface area contributed by atoms with Crippen LogP contribution in [0, 0.1) is 0 Å². The largest absolute Gasteiger partial charge is 0.494 e.